The summed E-state index contributed by atoms with van der Waals surface area (Å²) in [5, 5.41) is 14.7. The zero-order chi connectivity index (χ0) is 13.0. The first-order valence-corrected chi connectivity index (χ1v) is 4.89. The molecule has 0 radical (unpaired) electrons. The number of carboxylic acid groups (broad SMARTS) is 1. The molecule has 0 saturated carbocycles. The topological polar surface area (TPSA) is 118 Å². The summed E-state index contributed by atoms with van der Waals surface area (Å²) in [4.78, 5) is 29.6. The van der Waals surface area contributed by atoms with Crippen molar-refractivity contribution in [3.8, 4) is 0 Å². The Morgan fingerprint density at radius 3 is 2.72 bits per heavy atom. The van der Waals surface area contributed by atoms with Gasteiger partial charge >= 0.3 is 5.97 Å². The number of nitrogens with one attached hydrogen (secondary N) is 1. The normalized spacial score (nSPS) is 10.0. The molecule has 1 amide bonds. The lowest BCUT2D eigenvalue weighted by Crippen LogP contribution is -2.23. The van der Waals surface area contributed by atoms with Gasteiger partial charge in [0.05, 0.1) is 12.1 Å². The van der Waals surface area contributed by atoms with E-state index in [-0.39, 0.29) is 17.8 Å². The van der Waals surface area contributed by atoms with Crippen LogP contribution in [0.2, 0.25) is 0 Å². The Morgan fingerprint density at radius 1 is 1.33 bits per heavy atom. The molecule has 92 valence electrons. The van der Waals surface area contributed by atoms with Gasteiger partial charge in [-0.15, -0.1) is 0 Å². The van der Waals surface area contributed by atoms with E-state index in [0.717, 1.165) is 6.39 Å². The predicted molar refractivity (Wildman–Crippen MR) is 56.7 cm³/mol. The molecule has 2 heterocycles. The van der Waals surface area contributed by atoms with Crippen molar-refractivity contribution in [3.05, 3.63) is 41.8 Å². The number of amides is 1. The molecule has 0 unspecified atom stereocenters. The summed E-state index contributed by atoms with van der Waals surface area (Å²) < 4.78 is 4.50. The molecule has 8 heteroatoms. The molecule has 0 spiro atoms. The van der Waals surface area contributed by atoms with Crippen LogP contribution in [0.5, 0.6) is 0 Å². The number of hydrogen-bond donors (Lipinski definition) is 2. The largest absolute Gasteiger partial charge is 0.477 e. The maximum atomic E-state index is 11.6. The van der Waals surface area contributed by atoms with E-state index in [4.69, 9.17) is 5.11 Å². The Hall–Kier alpha value is -2.77. The molecule has 0 saturated heterocycles. The van der Waals surface area contributed by atoms with E-state index in [9.17, 15) is 9.59 Å². The fourth-order valence-corrected chi connectivity index (χ4v) is 1.19. The van der Waals surface area contributed by atoms with Crippen molar-refractivity contribution in [2.45, 2.75) is 6.54 Å². The molecule has 2 N–H and O–H groups in total. The minimum atomic E-state index is -1.14. The van der Waals surface area contributed by atoms with E-state index in [1.807, 2.05) is 0 Å². The number of carboxylic acids is 1. The molecule has 0 fully saturated rings. The van der Waals surface area contributed by atoms with Crippen LogP contribution >= 0.6 is 0 Å². The van der Waals surface area contributed by atoms with Crippen LogP contribution in [0.15, 0.2) is 29.2 Å². The van der Waals surface area contributed by atoms with Crippen molar-refractivity contribution in [1.29, 1.82) is 0 Å². The summed E-state index contributed by atoms with van der Waals surface area (Å²) in [6.07, 6.45) is 2.35. The van der Waals surface area contributed by atoms with Gasteiger partial charge in [-0.25, -0.2) is 9.78 Å². The lowest BCUT2D eigenvalue weighted by molar-refractivity contribution is 0.0689. The number of rotatable bonds is 4. The third-order valence-electron chi connectivity index (χ3n) is 2.06. The zero-order valence-corrected chi connectivity index (χ0v) is 9.03. The first-order valence-electron chi connectivity index (χ1n) is 4.89. The monoisotopic (exact) mass is 248 g/mol. The van der Waals surface area contributed by atoms with E-state index < -0.39 is 11.9 Å². The average Bonchev–Trinajstić information content (AvgIpc) is 2.89. The van der Waals surface area contributed by atoms with Gasteiger partial charge in [-0.05, 0) is 12.1 Å². The minimum absolute atomic E-state index is 0.121. The Kier molecular flexibility index (Phi) is 3.28. The van der Waals surface area contributed by atoms with E-state index in [2.05, 4.69) is 25.0 Å². The van der Waals surface area contributed by atoms with Crippen molar-refractivity contribution < 1.29 is 19.2 Å². The summed E-state index contributed by atoms with van der Waals surface area (Å²) in [7, 11) is 0. The van der Waals surface area contributed by atoms with Gasteiger partial charge in [0.25, 0.3) is 5.91 Å². The standard InChI is InChI=1S/C10H8N4O4/c15-9(12-4-8-13-5-18-14-8)6-1-2-7(10(16)17)11-3-6/h1-3,5H,4H2,(H,12,15)(H,16,17). The molecule has 0 aromatic carbocycles. The molecule has 0 aliphatic heterocycles. The van der Waals surface area contributed by atoms with E-state index >= 15 is 0 Å². The molecular weight excluding hydrogens is 240 g/mol. The molecule has 18 heavy (non-hydrogen) atoms. The number of hydrogen-bond acceptors (Lipinski definition) is 6. The molecule has 0 atom stereocenters. The summed E-state index contributed by atoms with van der Waals surface area (Å²) >= 11 is 0. The third kappa shape index (κ3) is 2.67. The average molecular weight is 248 g/mol. The smallest absolute Gasteiger partial charge is 0.354 e. The number of pyridine rings is 1. The van der Waals surface area contributed by atoms with E-state index in [1.54, 1.807) is 0 Å². The van der Waals surface area contributed by atoms with Gasteiger partial charge in [0, 0.05) is 6.20 Å². The van der Waals surface area contributed by atoms with Crippen LogP contribution in [-0.2, 0) is 6.54 Å². The molecular formula is C10H8N4O4. The van der Waals surface area contributed by atoms with Crippen molar-refractivity contribution in [3.63, 3.8) is 0 Å². The second-order valence-corrected chi connectivity index (χ2v) is 3.27. The molecule has 8 nitrogen and oxygen atoms in total. The van der Waals surface area contributed by atoms with Gasteiger partial charge in [0.1, 0.15) is 5.69 Å². The summed E-state index contributed by atoms with van der Waals surface area (Å²) in [5.41, 5.74) is 0.133. The quantitative estimate of drug-likeness (QED) is 0.787. The molecule has 0 aliphatic carbocycles. The first kappa shape index (κ1) is 11.7. The third-order valence-corrected chi connectivity index (χ3v) is 2.06. The number of carbonyl (C=O) groups is 2. The Balaban J connectivity index is 1.98. The van der Waals surface area contributed by atoms with Crippen LogP contribution in [0.3, 0.4) is 0 Å². The Labute approximate surface area is 101 Å². The highest BCUT2D eigenvalue weighted by Crippen LogP contribution is 2.01. The number of carbonyl (C=O) groups excluding carboxylic acids is 1. The molecule has 2 rings (SSSR count). The SMILES string of the molecule is O=C(NCc1ncon1)c1ccc(C(=O)O)nc1. The fraction of sp³-hybridized carbons (Fsp3) is 0.100. The van der Waals surface area contributed by atoms with Gasteiger partial charge in [0.15, 0.2) is 5.82 Å². The van der Waals surface area contributed by atoms with Gasteiger partial charge in [0.2, 0.25) is 6.39 Å². The number of aromatic nitrogens is 3. The Bertz CT molecular complexity index is 550. The van der Waals surface area contributed by atoms with Crippen molar-refractivity contribution in [2.75, 3.05) is 0 Å². The predicted octanol–water partition coefficient (Wildman–Crippen LogP) is 0.0928. The van der Waals surface area contributed by atoms with Gasteiger partial charge in [-0.3, -0.25) is 4.79 Å². The highest BCUT2D eigenvalue weighted by Gasteiger charge is 2.09. The van der Waals surface area contributed by atoms with Gasteiger partial charge in [-0.2, -0.15) is 4.98 Å². The van der Waals surface area contributed by atoms with Crippen LogP contribution in [0.4, 0.5) is 0 Å². The highest BCUT2D eigenvalue weighted by molar-refractivity contribution is 5.94. The summed E-state index contributed by atoms with van der Waals surface area (Å²) in [6, 6.07) is 2.63. The maximum absolute atomic E-state index is 11.6. The first-order chi connectivity index (χ1) is 8.66. The Morgan fingerprint density at radius 2 is 2.17 bits per heavy atom. The van der Waals surface area contributed by atoms with Crippen LogP contribution in [0.25, 0.3) is 0 Å². The summed E-state index contributed by atoms with van der Waals surface area (Å²) in [5.74, 6) is -1.20. The number of nitrogens with zero attached hydrogens (tertiary/aromatic N) is 3. The summed E-state index contributed by atoms with van der Waals surface area (Å²) in [6.45, 7) is 0.121. The zero-order valence-electron chi connectivity index (χ0n) is 9.03. The minimum Gasteiger partial charge on any atom is -0.477 e. The maximum Gasteiger partial charge on any atom is 0.354 e. The molecule has 2 aromatic heterocycles. The number of aromatic carboxylic acids is 1. The van der Waals surface area contributed by atoms with E-state index in [0.29, 0.717) is 5.82 Å². The van der Waals surface area contributed by atoms with Gasteiger partial charge in [-0.1, -0.05) is 5.16 Å². The van der Waals surface area contributed by atoms with Gasteiger partial charge < -0.3 is 14.9 Å². The van der Waals surface area contributed by atoms with Crippen molar-refractivity contribution >= 4 is 11.9 Å². The lowest BCUT2D eigenvalue weighted by atomic mass is 10.2. The molecule has 0 aliphatic rings. The second kappa shape index (κ2) is 5.04. The fourth-order valence-electron chi connectivity index (χ4n) is 1.19. The molecule has 2 aromatic rings. The van der Waals surface area contributed by atoms with Crippen LogP contribution < -0.4 is 5.32 Å². The lowest BCUT2D eigenvalue weighted by Gasteiger charge is -2.02. The van der Waals surface area contributed by atoms with E-state index in [1.165, 1.54) is 18.3 Å². The highest BCUT2D eigenvalue weighted by atomic mass is 16.5. The van der Waals surface area contributed by atoms with Crippen molar-refractivity contribution in [2.24, 2.45) is 0 Å². The van der Waals surface area contributed by atoms with Crippen LogP contribution in [0.1, 0.15) is 26.7 Å². The molecule has 0 bridgehead atoms. The second-order valence-electron chi connectivity index (χ2n) is 3.27. The van der Waals surface area contributed by atoms with Crippen LogP contribution in [0, 0.1) is 0 Å². The van der Waals surface area contributed by atoms with Crippen molar-refractivity contribution in [1.82, 2.24) is 20.4 Å². The van der Waals surface area contributed by atoms with Crippen LogP contribution in [-0.4, -0.2) is 32.1 Å².